The lowest BCUT2D eigenvalue weighted by Gasteiger charge is -2.49. The van der Waals surface area contributed by atoms with E-state index >= 15 is 0 Å². The van der Waals surface area contributed by atoms with Crippen LogP contribution in [0.2, 0.25) is 0 Å². The molecule has 4 rings (SSSR count). The number of hydrogen-bond acceptors (Lipinski definition) is 6. The Bertz CT molecular complexity index is 741. The maximum atomic E-state index is 12.9. The van der Waals surface area contributed by atoms with Crippen LogP contribution in [0.15, 0.2) is 11.8 Å². The van der Waals surface area contributed by atoms with Crippen molar-refractivity contribution in [3.8, 4) is 0 Å². The number of carbonyl (C=O) groups is 4. The van der Waals surface area contributed by atoms with E-state index in [2.05, 4.69) is 5.32 Å². The van der Waals surface area contributed by atoms with Gasteiger partial charge in [0.1, 0.15) is 11.8 Å². The van der Waals surface area contributed by atoms with Crippen molar-refractivity contribution in [3.05, 3.63) is 11.8 Å². The highest BCUT2D eigenvalue weighted by Crippen LogP contribution is 2.29. The molecule has 0 aromatic rings. The summed E-state index contributed by atoms with van der Waals surface area (Å²) in [5.41, 5.74) is -0.176. The van der Waals surface area contributed by atoms with Crippen LogP contribution in [0, 0.1) is 5.92 Å². The number of nitrogens with zero attached hydrogens (tertiary/aromatic N) is 2. The fourth-order valence-corrected chi connectivity index (χ4v) is 4.88. The minimum atomic E-state index is -1.18. The summed E-state index contributed by atoms with van der Waals surface area (Å²) in [7, 11) is 0. The van der Waals surface area contributed by atoms with E-state index < -0.39 is 35.7 Å². The second-order valence-electron chi connectivity index (χ2n) is 8.61. The zero-order valence-electron chi connectivity index (χ0n) is 16.9. The maximum Gasteiger partial charge on any atom is 0.256 e. The summed E-state index contributed by atoms with van der Waals surface area (Å²) < 4.78 is 5.71. The van der Waals surface area contributed by atoms with Crippen molar-refractivity contribution in [2.24, 2.45) is 5.92 Å². The van der Waals surface area contributed by atoms with E-state index in [1.807, 2.05) is 6.92 Å². The predicted molar refractivity (Wildman–Crippen MR) is 103 cm³/mol. The monoisotopic (exact) mass is 403 g/mol. The van der Waals surface area contributed by atoms with E-state index in [1.165, 1.54) is 23.9 Å². The summed E-state index contributed by atoms with van der Waals surface area (Å²) in [6, 6.07) is -1.22. The summed E-state index contributed by atoms with van der Waals surface area (Å²) in [6.07, 6.45) is 8.54. The molecule has 0 aromatic heterocycles. The summed E-state index contributed by atoms with van der Waals surface area (Å²) in [5.74, 6) is -2.23. The minimum Gasteiger partial charge on any atom is -0.356 e. The Morgan fingerprint density at radius 3 is 2.59 bits per heavy atom. The number of rotatable bonds is 3. The third-order valence-electron chi connectivity index (χ3n) is 6.60. The summed E-state index contributed by atoms with van der Waals surface area (Å²) >= 11 is 0. The number of nitrogens with one attached hydrogen (secondary N) is 1. The molecule has 0 spiro atoms. The van der Waals surface area contributed by atoms with Crippen molar-refractivity contribution in [3.63, 3.8) is 0 Å². The molecule has 0 bridgehead atoms. The van der Waals surface area contributed by atoms with Crippen molar-refractivity contribution in [1.82, 2.24) is 15.1 Å². The normalized spacial score (nSPS) is 31.0. The van der Waals surface area contributed by atoms with Gasteiger partial charge in [0.05, 0.1) is 13.2 Å². The highest BCUT2D eigenvalue weighted by atomic mass is 16.5. The fourth-order valence-electron chi connectivity index (χ4n) is 4.88. The van der Waals surface area contributed by atoms with E-state index in [9.17, 15) is 19.2 Å². The van der Waals surface area contributed by atoms with Gasteiger partial charge >= 0.3 is 0 Å². The number of ketones is 2. The molecule has 2 saturated heterocycles. The predicted octanol–water partition coefficient (Wildman–Crippen LogP) is 0.756. The van der Waals surface area contributed by atoms with Gasteiger partial charge in [0.2, 0.25) is 11.6 Å². The SMILES string of the molecule is C[C@@H]1CCO[C@H]2CN3C=C(C(=O)NCC4CCCCCC4)C(=O)C(=O)C3C(=O)N12. The lowest BCUT2D eigenvalue weighted by atomic mass is 9.92. The van der Waals surface area contributed by atoms with Crippen molar-refractivity contribution in [2.45, 2.75) is 70.2 Å². The third-order valence-corrected chi connectivity index (χ3v) is 6.60. The van der Waals surface area contributed by atoms with Crippen LogP contribution < -0.4 is 5.32 Å². The second kappa shape index (κ2) is 8.26. The number of fused-ring (bicyclic) bond motifs is 2. The topological polar surface area (TPSA) is 96.0 Å². The van der Waals surface area contributed by atoms with E-state index in [-0.39, 0.29) is 18.2 Å². The molecule has 158 valence electrons. The number of carbonyl (C=O) groups excluding carboxylic acids is 4. The average molecular weight is 403 g/mol. The Kier molecular flexibility index (Phi) is 5.72. The fraction of sp³-hybridized carbons (Fsp3) is 0.714. The Balaban J connectivity index is 1.48. The van der Waals surface area contributed by atoms with Gasteiger partial charge < -0.3 is 19.9 Å². The largest absolute Gasteiger partial charge is 0.356 e. The Hall–Kier alpha value is -2.22. The third kappa shape index (κ3) is 3.82. The molecule has 3 heterocycles. The van der Waals surface area contributed by atoms with Crippen LogP contribution in [0.3, 0.4) is 0 Å². The smallest absolute Gasteiger partial charge is 0.256 e. The van der Waals surface area contributed by atoms with Gasteiger partial charge in [-0.25, -0.2) is 0 Å². The Labute approximate surface area is 170 Å². The lowest BCUT2D eigenvalue weighted by Crippen LogP contribution is -2.69. The molecular formula is C21H29N3O5. The number of ether oxygens (including phenoxy) is 1. The molecule has 1 saturated carbocycles. The molecule has 8 nitrogen and oxygen atoms in total. The first-order chi connectivity index (χ1) is 14.0. The first-order valence-corrected chi connectivity index (χ1v) is 10.8. The maximum absolute atomic E-state index is 12.9. The van der Waals surface area contributed by atoms with Crippen LogP contribution in [-0.4, -0.2) is 71.2 Å². The minimum absolute atomic E-state index is 0.0421. The molecule has 4 aliphatic rings. The standard InChI is InChI=1S/C21H29N3O5/c1-13-8-9-29-16-12-23-11-15(18(25)19(26)17(23)21(28)24(13)16)20(27)22-10-14-6-4-2-3-5-7-14/h11,13-14,16-17H,2-10,12H2,1H3,(H,22,27)/t13-,16+,17?/m1/s1. The van der Waals surface area contributed by atoms with Crippen molar-refractivity contribution >= 4 is 23.4 Å². The molecule has 2 amide bonds. The van der Waals surface area contributed by atoms with Gasteiger partial charge in [-0.3, -0.25) is 19.2 Å². The van der Waals surface area contributed by atoms with Gasteiger partial charge in [0, 0.05) is 18.8 Å². The Morgan fingerprint density at radius 2 is 1.86 bits per heavy atom. The molecule has 3 fully saturated rings. The van der Waals surface area contributed by atoms with Crippen molar-refractivity contribution < 1.29 is 23.9 Å². The van der Waals surface area contributed by atoms with Gasteiger partial charge in [-0.2, -0.15) is 0 Å². The summed E-state index contributed by atoms with van der Waals surface area (Å²) in [4.78, 5) is 54.0. The zero-order chi connectivity index (χ0) is 20.5. The quantitative estimate of drug-likeness (QED) is 0.323. The molecule has 1 N–H and O–H groups in total. The molecule has 0 aromatic carbocycles. The van der Waals surface area contributed by atoms with E-state index in [4.69, 9.17) is 4.74 Å². The average Bonchev–Trinajstić information content (AvgIpc) is 2.97. The number of amides is 2. The van der Waals surface area contributed by atoms with Gasteiger partial charge in [-0.05, 0) is 32.1 Å². The van der Waals surface area contributed by atoms with Crippen LogP contribution >= 0.6 is 0 Å². The molecule has 8 heteroatoms. The van der Waals surface area contributed by atoms with E-state index in [0.717, 1.165) is 25.7 Å². The second-order valence-corrected chi connectivity index (χ2v) is 8.61. The first kappa shape index (κ1) is 20.1. The Morgan fingerprint density at radius 1 is 1.14 bits per heavy atom. The lowest BCUT2D eigenvalue weighted by molar-refractivity contribution is -0.185. The molecule has 1 unspecified atom stereocenters. The molecule has 3 atom stereocenters. The first-order valence-electron chi connectivity index (χ1n) is 10.8. The van der Waals surface area contributed by atoms with Crippen LogP contribution in [0.25, 0.3) is 0 Å². The van der Waals surface area contributed by atoms with Gasteiger partial charge in [-0.15, -0.1) is 0 Å². The molecule has 3 aliphatic heterocycles. The van der Waals surface area contributed by atoms with Crippen LogP contribution in [0.5, 0.6) is 0 Å². The van der Waals surface area contributed by atoms with Crippen molar-refractivity contribution in [2.75, 3.05) is 19.7 Å². The molecule has 29 heavy (non-hydrogen) atoms. The molecular weight excluding hydrogens is 374 g/mol. The van der Waals surface area contributed by atoms with Crippen molar-refractivity contribution in [1.29, 1.82) is 0 Å². The van der Waals surface area contributed by atoms with Gasteiger partial charge in [-0.1, -0.05) is 25.7 Å². The molecule has 0 radical (unpaired) electrons. The highest BCUT2D eigenvalue weighted by molar-refractivity contribution is 6.53. The van der Waals surface area contributed by atoms with Crippen LogP contribution in [0.4, 0.5) is 0 Å². The number of hydrogen-bond donors (Lipinski definition) is 1. The molecule has 1 aliphatic carbocycles. The zero-order valence-corrected chi connectivity index (χ0v) is 16.9. The number of Topliss-reactive ketones (excluding diaryl/α,β-unsaturated/α-hetero) is 2. The van der Waals surface area contributed by atoms with Gasteiger partial charge in [0.25, 0.3) is 11.8 Å². The number of piperazine rings is 1. The van der Waals surface area contributed by atoms with E-state index in [0.29, 0.717) is 25.5 Å². The summed E-state index contributed by atoms with van der Waals surface area (Å²) in [6.45, 7) is 3.25. The van der Waals surface area contributed by atoms with Crippen LogP contribution in [-0.2, 0) is 23.9 Å². The van der Waals surface area contributed by atoms with Crippen LogP contribution in [0.1, 0.15) is 51.9 Å². The van der Waals surface area contributed by atoms with E-state index in [1.54, 1.807) is 4.90 Å². The summed E-state index contributed by atoms with van der Waals surface area (Å²) in [5, 5.41) is 2.84. The highest BCUT2D eigenvalue weighted by Gasteiger charge is 2.51. The van der Waals surface area contributed by atoms with Gasteiger partial charge in [0.15, 0.2) is 6.04 Å².